The quantitative estimate of drug-likeness (QED) is 0.479. The smallest absolute Gasteiger partial charge is 0.344 e. The highest BCUT2D eigenvalue weighted by Gasteiger charge is 2.54. The highest BCUT2D eigenvalue weighted by atomic mass is 35.5. The van der Waals surface area contributed by atoms with Crippen LogP contribution in [0, 0.1) is 5.82 Å². The van der Waals surface area contributed by atoms with E-state index in [0.717, 1.165) is 50.7 Å². The van der Waals surface area contributed by atoms with Crippen molar-refractivity contribution in [3.63, 3.8) is 0 Å². The number of hydrogen-bond acceptors (Lipinski definition) is 10. The van der Waals surface area contributed by atoms with Crippen molar-refractivity contribution < 1.29 is 28.1 Å². The highest BCUT2D eigenvalue weighted by molar-refractivity contribution is 8.04. The number of aliphatic imine (C=N–C) groups is 1. The number of carbonyl (C=O) groups is 1. The number of piperazine rings is 2. The molecule has 0 spiro atoms. The lowest BCUT2D eigenvalue weighted by Gasteiger charge is -2.56. The number of carbonyl (C=O) groups excluding carboxylic acids is 1. The Kier molecular flexibility index (Phi) is 6.55. The van der Waals surface area contributed by atoms with Crippen LogP contribution in [0.1, 0.15) is 18.1 Å². The third-order valence-corrected chi connectivity index (χ3v) is 10.5. The van der Waals surface area contributed by atoms with Crippen LogP contribution in [-0.4, -0.2) is 97.7 Å². The zero-order valence-electron chi connectivity index (χ0n) is 22.9. The molecule has 0 N–H and O–H groups in total. The summed E-state index contributed by atoms with van der Waals surface area (Å²) in [6.07, 6.45) is 2.51. The van der Waals surface area contributed by atoms with E-state index < -0.39 is 11.9 Å². The van der Waals surface area contributed by atoms with Crippen molar-refractivity contribution in [3.8, 4) is 11.5 Å². The van der Waals surface area contributed by atoms with Gasteiger partial charge in [0.25, 0.3) is 0 Å². The zero-order valence-corrected chi connectivity index (χ0v) is 24.5. The molecule has 3 fully saturated rings. The van der Waals surface area contributed by atoms with Gasteiger partial charge in [0.1, 0.15) is 23.6 Å². The molecule has 6 aliphatic rings. The maximum atomic E-state index is 14.8. The molecule has 0 bridgehead atoms. The molecule has 3 unspecified atom stereocenters. The fourth-order valence-electron chi connectivity index (χ4n) is 7.04. The van der Waals surface area contributed by atoms with Crippen LogP contribution < -0.4 is 14.4 Å². The lowest BCUT2D eigenvalue weighted by atomic mass is 9.88. The number of anilines is 1. The maximum Gasteiger partial charge on any atom is 0.344 e. The average Bonchev–Trinajstić information content (AvgIpc) is 3.53. The Morgan fingerprint density at radius 1 is 1.24 bits per heavy atom. The Morgan fingerprint density at radius 2 is 2.12 bits per heavy atom. The van der Waals surface area contributed by atoms with E-state index in [9.17, 15) is 9.18 Å². The molecule has 6 aliphatic heterocycles. The summed E-state index contributed by atoms with van der Waals surface area (Å²) in [4.78, 5) is 25.3. The monoisotopic (exact) mass is 612 g/mol. The minimum atomic E-state index is -0.584. The molecule has 220 valence electrons. The van der Waals surface area contributed by atoms with E-state index >= 15 is 0 Å². The average molecular weight is 613 g/mol. The van der Waals surface area contributed by atoms with E-state index in [1.54, 1.807) is 12.1 Å². The third kappa shape index (κ3) is 4.27. The van der Waals surface area contributed by atoms with Crippen LogP contribution in [0.2, 0.25) is 5.02 Å². The first-order valence-electron chi connectivity index (χ1n) is 14.3. The molecule has 2 aromatic carbocycles. The summed E-state index contributed by atoms with van der Waals surface area (Å²) >= 11 is 7.48. The van der Waals surface area contributed by atoms with Crippen LogP contribution in [0.5, 0.6) is 11.5 Å². The van der Waals surface area contributed by atoms with Crippen LogP contribution in [0.4, 0.5) is 10.1 Å². The number of ether oxygens (including phenoxy) is 4. The molecule has 0 saturated carbocycles. The molecule has 0 amide bonds. The van der Waals surface area contributed by atoms with Gasteiger partial charge >= 0.3 is 5.97 Å². The molecule has 0 radical (unpaired) electrons. The van der Waals surface area contributed by atoms with Gasteiger partial charge in [-0.1, -0.05) is 35.5 Å². The molecule has 0 aromatic heterocycles. The number of thioether (sulfide) groups is 1. The number of hydrogen-bond donors (Lipinski definition) is 0. The summed E-state index contributed by atoms with van der Waals surface area (Å²) in [5.74, 6) is 1.64. The Labute approximate surface area is 252 Å². The van der Waals surface area contributed by atoms with Crippen molar-refractivity contribution >= 4 is 40.9 Å². The molecule has 2 aromatic rings. The number of benzene rings is 2. The van der Waals surface area contributed by atoms with E-state index in [0.29, 0.717) is 27.0 Å². The Hall–Kier alpha value is -2.99. The molecule has 6 heterocycles. The molecular weight excluding hydrogens is 583 g/mol. The first-order chi connectivity index (χ1) is 20.5. The van der Waals surface area contributed by atoms with Crippen LogP contribution in [0.15, 0.2) is 52.4 Å². The number of methoxy groups -OCH3 is 1. The molecule has 0 aliphatic carbocycles. The number of esters is 1. The molecule has 42 heavy (non-hydrogen) atoms. The van der Waals surface area contributed by atoms with Gasteiger partial charge in [-0.2, -0.15) is 0 Å². The summed E-state index contributed by atoms with van der Waals surface area (Å²) in [6, 6.07) is 10.8. The zero-order chi connectivity index (χ0) is 28.5. The molecule has 9 nitrogen and oxygen atoms in total. The van der Waals surface area contributed by atoms with Gasteiger partial charge in [-0.05, 0) is 36.8 Å². The molecule has 6 atom stereocenters. The first-order valence-corrected chi connectivity index (χ1v) is 15.5. The molecule has 8 rings (SSSR count). The Morgan fingerprint density at radius 3 is 2.90 bits per heavy atom. The van der Waals surface area contributed by atoms with Gasteiger partial charge in [-0.15, -0.1) is 0 Å². The van der Waals surface area contributed by atoms with Gasteiger partial charge < -0.3 is 28.7 Å². The predicted octanol–water partition coefficient (Wildman–Crippen LogP) is 3.87. The van der Waals surface area contributed by atoms with E-state index in [4.69, 9.17) is 35.5 Å². The minimum Gasteiger partial charge on any atom is -0.485 e. The third-order valence-electron chi connectivity index (χ3n) is 9.11. The SMILES string of the molecule is COC(=O)C1=CC2C(N=C3CN4CCN(c5cccc6c5O[C@@H](c5ccc(Cl)cc5F)CO6)C[C@@H]4C([C@@H]4CCO4)N32)S1. The molecule has 12 heteroatoms. The fraction of sp³-hybridized carbons (Fsp3) is 0.467. The van der Waals surface area contributed by atoms with Crippen molar-refractivity contribution in [2.45, 2.75) is 42.1 Å². The number of para-hydroxylation sites is 1. The van der Waals surface area contributed by atoms with E-state index in [2.05, 4.69) is 14.7 Å². The van der Waals surface area contributed by atoms with Crippen LogP contribution in [-0.2, 0) is 14.3 Å². The summed E-state index contributed by atoms with van der Waals surface area (Å²) in [6.45, 7) is 4.14. The van der Waals surface area contributed by atoms with E-state index in [1.807, 2.05) is 24.3 Å². The topological polar surface area (TPSA) is 76.1 Å². The predicted molar refractivity (Wildman–Crippen MR) is 157 cm³/mol. The highest BCUT2D eigenvalue weighted by Crippen LogP contribution is 2.47. The Balaban J connectivity index is 1.09. The standard InChI is InChI=1S/C30H30ClFN4O5S/c1-38-30(37)25-12-20-29(42-25)33-26-14-35-9-8-34(13-21(35)27(36(20)26)22-7-10-39-22)19-3-2-4-23-28(19)41-24(15-40-23)17-6-5-16(31)11-18(17)32/h2-6,11-12,20-22,24,27,29H,7-10,13-15H2,1H3/t20?,21-,22+,24-,27?,29?/m1/s1. The van der Waals surface area contributed by atoms with Gasteiger partial charge in [0.05, 0.1) is 48.5 Å². The summed E-state index contributed by atoms with van der Waals surface area (Å²) in [7, 11) is 1.41. The summed E-state index contributed by atoms with van der Waals surface area (Å²) in [5.41, 5.74) is 1.35. The van der Waals surface area contributed by atoms with E-state index in [1.165, 1.54) is 24.9 Å². The van der Waals surface area contributed by atoms with Crippen molar-refractivity contribution in [1.29, 1.82) is 0 Å². The van der Waals surface area contributed by atoms with E-state index in [-0.39, 0.29) is 42.2 Å². The summed E-state index contributed by atoms with van der Waals surface area (Å²) in [5, 5.41) is 0.293. The van der Waals surface area contributed by atoms with Crippen LogP contribution in [0.25, 0.3) is 0 Å². The minimum absolute atomic E-state index is 0.00192. The number of amidine groups is 1. The number of halogens is 2. The number of rotatable bonds is 4. The lowest BCUT2D eigenvalue weighted by molar-refractivity contribution is -0.135. The van der Waals surface area contributed by atoms with Gasteiger partial charge in [-0.3, -0.25) is 9.89 Å². The second-order valence-corrected chi connectivity index (χ2v) is 12.9. The summed E-state index contributed by atoms with van der Waals surface area (Å²) < 4.78 is 38.5. The largest absolute Gasteiger partial charge is 0.485 e. The van der Waals surface area contributed by atoms with Crippen LogP contribution in [0.3, 0.4) is 0 Å². The Bertz CT molecular complexity index is 1500. The van der Waals surface area contributed by atoms with Crippen molar-refractivity contribution in [1.82, 2.24) is 9.80 Å². The van der Waals surface area contributed by atoms with Gasteiger partial charge in [-0.25, -0.2) is 9.18 Å². The number of nitrogens with zero attached hydrogens (tertiary/aromatic N) is 4. The van der Waals surface area contributed by atoms with Gasteiger partial charge in [0.15, 0.2) is 17.6 Å². The number of fused-ring (bicyclic) bond motifs is 5. The van der Waals surface area contributed by atoms with Crippen LogP contribution >= 0.6 is 23.4 Å². The second kappa shape index (κ2) is 10.3. The van der Waals surface area contributed by atoms with Crippen molar-refractivity contribution in [2.24, 2.45) is 4.99 Å². The van der Waals surface area contributed by atoms with Gasteiger partial charge in [0.2, 0.25) is 0 Å². The molecule has 3 saturated heterocycles. The normalized spacial score (nSPS) is 31.4. The first kappa shape index (κ1) is 26.6. The van der Waals surface area contributed by atoms with Crippen molar-refractivity contribution in [2.75, 3.05) is 51.4 Å². The second-order valence-electron chi connectivity index (χ2n) is 11.3. The van der Waals surface area contributed by atoms with Crippen molar-refractivity contribution in [3.05, 3.63) is 63.8 Å². The molecular formula is C30H30ClFN4O5S. The fourth-order valence-corrected chi connectivity index (χ4v) is 8.38. The van der Waals surface area contributed by atoms with Gasteiger partial charge in [0, 0.05) is 36.8 Å². The lowest BCUT2D eigenvalue weighted by Crippen LogP contribution is -2.72. The maximum absolute atomic E-state index is 14.8.